The van der Waals surface area contributed by atoms with Gasteiger partial charge in [0, 0.05) is 19.4 Å². The van der Waals surface area contributed by atoms with Crippen LogP contribution in [0, 0.1) is 0 Å². The third kappa shape index (κ3) is 9.71. The molecule has 0 spiro atoms. The first-order valence-corrected chi connectivity index (χ1v) is 8.80. The molecule has 0 saturated carbocycles. The summed E-state index contributed by atoms with van der Waals surface area (Å²) in [5.74, 6) is 4.58. The second-order valence-electron chi connectivity index (χ2n) is 5.48. The molecule has 0 radical (unpaired) electrons. The Labute approximate surface area is 162 Å². The summed E-state index contributed by atoms with van der Waals surface area (Å²) in [6.07, 6.45) is -1.01. The van der Waals surface area contributed by atoms with Crippen LogP contribution in [0.25, 0.3) is 0 Å². The number of aliphatic hydroxyl groups is 1. The average Bonchev–Trinajstić information content (AvgIpc) is 2.58. The van der Waals surface area contributed by atoms with Crippen LogP contribution in [0.1, 0.15) is 32.3 Å². The summed E-state index contributed by atoms with van der Waals surface area (Å²) in [6, 6.07) is 3.98. The minimum absolute atomic E-state index is 0.140. The number of benzene rings is 1. The summed E-state index contributed by atoms with van der Waals surface area (Å²) in [6.45, 7) is 5.21. The van der Waals surface area contributed by atoms with E-state index in [1.54, 1.807) is 13.2 Å². The largest absolute Gasteiger partial charge is 0.573 e. The van der Waals surface area contributed by atoms with Gasteiger partial charge in [-0.25, -0.2) is 5.84 Å². The number of alkyl halides is 3. The van der Waals surface area contributed by atoms with E-state index in [4.69, 9.17) is 23.2 Å². The number of rotatable bonds is 3. The molecule has 0 unspecified atom stereocenters. The van der Waals surface area contributed by atoms with Crippen molar-refractivity contribution in [3.8, 4) is 5.75 Å². The summed E-state index contributed by atoms with van der Waals surface area (Å²) in [5.41, 5.74) is 4.17. The first-order valence-electron chi connectivity index (χ1n) is 8.42. The van der Waals surface area contributed by atoms with Gasteiger partial charge in [-0.15, -0.1) is 13.2 Å². The lowest BCUT2D eigenvalue weighted by atomic mass is 9.85. The number of halogens is 4. The zero-order valence-electron chi connectivity index (χ0n) is 15.7. The molecule has 6 N–H and O–H groups in total. The van der Waals surface area contributed by atoms with E-state index in [1.165, 1.54) is 23.3 Å². The molecule has 1 saturated heterocycles. The standard InChI is InChI=1S/C12H13ClF3NO2.C3H9N3.C2H6/c13-9-2-1-8(7-10(9)19-12(14,15)16)11(18)3-5-17-6-4-11;1-6(5)3-2-4;1-2/h1-2,7,17-18H,3-6H2;2-3H,4-5H2,1H3;1-2H3/b;3-2-;. The summed E-state index contributed by atoms with van der Waals surface area (Å²) in [5, 5.41) is 14.7. The highest BCUT2D eigenvalue weighted by atomic mass is 35.5. The van der Waals surface area contributed by atoms with Gasteiger partial charge in [-0.2, -0.15) is 0 Å². The van der Waals surface area contributed by atoms with Crippen LogP contribution in [0.3, 0.4) is 0 Å². The molecule has 156 valence electrons. The Balaban J connectivity index is 0.000000722. The fraction of sp³-hybridized carbons (Fsp3) is 0.529. The number of piperidine rings is 1. The molecule has 1 aromatic carbocycles. The first-order chi connectivity index (χ1) is 12.6. The maximum absolute atomic E-state index is 12.2. The van der Waals surface area contributed by atoms with Crippen molar-refractivity contribution in [1.82, 2.24) is 10.3 Å². The fourth-order valence-corrected chi connectivity index (χ4v) is 2.42. The monoisotopic (exact) mass is 412 g/mol. The highest BCUT2D eigenvalue weighted by Gasteiger charge is 2.35. The molecule has 0 atom stereocenters. The van der Waals surface area contributed by atoms with E-state index in [0.717, 1.165) is 6.07 Å². The van der Waals surface area contributed by atoms with E-state index in [1.807, 2.05) is 13.8 Å². The van der Waals surface area contributed by atoms with Gasteiger partial charge in [-0.1, -0.05) is 31.5 Å². The van der Waals surface area contributed by atoms with Crippen LogP contribution in [0.2, 0.25) is 5.02 Å². The topological polar surface area (TPSA) is 96.8 Å². The van der Waals surface area contributed by atoms with Gasteiger partial charge >= 0.3 is 6.36 Å². The van der Waals surface area contributed by atoms with Gasteiger partial charge in [-0.05, 0) is 43.6 Å². The van der Waals surface area contributed by atoms with Crippen LogP contribution in [0.4, 0.5) is 13.2 Å². The van der Waals surface area contributed by atoms with Gasteiger partial charge in [0.05, 0.1) is 10.6 Å². The van der Waals surface area contributed by atoms with Gasteiger partial charge in [-0.3, -0.25) is 0 Å². The molecule has 1 fully saturated rings. The number of nitrogens with two attached hydrogens (primary N) is 2. The maximum Gasteiger partial charge on any atom is 0.573 e. The third-order valence-corrected chi connectivity index (χ3v) is 3.76. The lowest BCUT2D eigenvalue weighted by Gasteiger charge is -2.33. The van der Waals surface area contributed by atoms with Crippen molar-refractivity contribution in [2.24, 2.45) is 11.6 Å². The molecule has 0 aromatic heterocycles. The summed E-state index contributed by atoms with van der Waals surface area (Å²) in [4.78, 5) is 0. The van der Waals surface area contributed by atoms with Crippen LogP contribution < -0.4 is 21.6 Å². The molecule has 0 amide bonds. The Kier molecular flexibility index (Phi) is 11.2. The molecule has 6 nitrogen and oxygen atoms in total. The zero-order valence-corrected chi connectivity index (χ0v) is 16.4. The molecule has 1 aromatic rings. The normalized spacial score (nSPS) is 15.9. The van der Waals surface area contributed by atoms with Crippen LogP contribution in [0.5, 0.6) is 5.75 Å². The van der Waals surface area contributed by atoms with Crippen molar-refractivity contribution in [3.05, 3.63) is 41.2 Å². The van der Waals surface area contributed by atoms with Crippen molar-refractivity contribution in [2.45, 2.75) is 38.7 Å². The second-order valence-corrected chi connectivity index (χ2v) is 5.89. The third-order valence-electron chi connectivity index (χ3n) is 3.45. The van der Waals surface area contributed by atoms with E-state index in [2.05, 4.69) is 10.1 Å². The maximum atomic E-state index is 12.2. The van der Waals surface area contributed by atoms with Crippen molar-refractivity contribution >= 4 is 11.6 Å². The van der Waals surface area contributed by atoms with Crippen LogP contribution in [-0.2, 0) is 5.60 Å². The Morgan fingerprint density at radius 1 is 1.30 bits per heavy atom. The molecule has 1 aliphatic rings. The smallest absolute Gasteiger partial charge is 0.404 e. The Morgan fingerprint density at radius 3 is 2.26 bits per heavy atom. The van der Waals surface area contributed by atoms with Crippen molar-refractivity contribution in [1.29, 1.82) is 0 Å². The van der Waals surface area contributed by atoms with E-state index < -0.39 is 17.7 Å². The number of nitrogens with one attached hydrogen (secondary N) is 1. The molecular formula is C17H28ClF3N4O2. The molecule has 10 heteroatoms. The number of ether oxygens (including phenoxy) is 1. The molecule has 27 heavy (non-hydrogen) atoms. The minimum Gasteiger partial charge on any atom is -0.404 e. The van der Waals surface area contributed by atoms with E-state index in [-0.39, 0.29) is 5.02 Å². The van der Waals surface area contributed by atoms with Crippen molar-refractivity contribution in [3.63, 3.8) is 0 Å². The van der Waals surface area contributed by atoms with Crippen LogP contribution >= 0.6 is 11.6 Å². The molecule has 2 rings (SSSR count). The minimum atomic E-state index is -4.81. The predicted molar refractivity (Wildman–Crippen MR) is 101 cm³/mol. The van der Waals surface area contributed by atoms with Crippen molar-refractivity contribution in [2.75, 3.05) is 20.1 Å². The lowest BCUT2D eigenvalue weighted by molar-refractivity contribution is -0.274. The predicted octanol–water partition coefficient (Wildman–Crippen LogP) is 3.06. The van der Waals surface area contributed by atoms with Crippen molar-refractivity contribution < 1.29 is 23.0 Å². The van der Waals surface area contributed by atoms with Crippen LogP contribution in [0.15, 0.2) is 30.6 Å². The summed E-state index contributed by atoms with van der Waals surface area (Å²) >= 11 is 5.67. The molecule has 1 aliphatic heterocycles. The Hall–Kier alpha value is -1.68. The molecule has 1 heterocycles. The highest BCUT2D eigenvalue weighted by molar-refractivity contribution is 6.32. The molecule has 0 bridgehead atoms. The summed E-state index contributed by atoms with van der Waals surface area (Å²) < 4.78 is 40.6. The number of hydrazine groups is 1. The van der Waals surface area contributed by atoms with E-state index in [9.17, 15) is 18.3 Å². The number of nitrogens with zero attached hydrogens (tertiary/aromatic N) is 1. The highest BCUT2D eigenvalue weighted by Crippen LogP contribution is 2.37. The second kappa shape index (κ2) is 11.9. The van der Waals surface area contributed by atoms with Gasteiger partial charge in [0.25, 0.3) is 0 Å². The fourth-order valence-electron chi connectivity index (χ4n) is 2.26. The van der Waals surface area contributed by atoms with Gasteiger partial charge in [0.1, 0.15) is 5.75 Å². The van der Waals surface area contributed by atoms with Gasteiger partial charge in [0.2, 0.25) is 0 Å². The average molecular weight is 413 g/mol. The number of hydrogen-bond donors (Lipinski definition) is 4. The van der Waals surface area contributed by atoms with E-state index in [0.29, 0.717) is 31.5 Å². The molecular weight excluding hydrogens is 385 g/mol. The molecule has 0 aliphatic carbocycles. The van der Waals surface area contributed by atoms with Crippen LogP contribution in [-0.4, -0.2) is 36.6 Å². The zero-order chi connectivity index (χ0) is 21.1. The Bertz CT molecular complexity index is 578. The number of hydrogen-bond acceptors (Lipinski definition) is 6. The van der Waals surface area contributed by atoms with E-state index >= 15 is 0 Å². The summed E-state index contributed by atoms with van der Waals surface area (Å²) in [7, 11) is 1.70. The first kappa shape index (κ1) is 25.3. The van der Waals surface area contributed by atoms with Gasteiger partial charge in [0.15, 0.2) is 0 Å². The lowest BCUT2D eigenvalue weighted by Crippen LogP contribution is -2.39. The van der Waals surface area contributed by atoms with Gasteiger partial charge < -0.3 is 25.9 Å². The quantitative estimate of drug-likeness (QED) is 0.450. The Morgan fingerprint density at radius 2 is 1.85 bits per heavy atom. The SMILES string of the molecule is CC.CN(N)/C=C\N.OC1(c2ccc(Cl)c(OC(F)(F)F)c2)CCNCC1.